The van der Waals surface area contributed by atoms with Gasteiger partial charge in [0, 0.05) is 18.9 Å². The molecule has 1 spiro atoms. The highest BCUT2D eigenvalue weighted by Crippen LogP contribution is 2.62. The number of Topliss-reactive ketones (excluding diaryl/α,β-unsaturated/α-hetero) is 1. The van der Waals surface area contributed by atoms with Crippen LogP contribution < -0.4 is 9.64 Å². The van der Waals surface area contributed by atoms with E-state index in [4.69, 9.17) is 9.47 Å². The lowest BCUT2D eigenvalue weighted by molar-refractivity contribution is -0.140. The van der Waals surface area contributed by atoms with Crippen LogP contribution in [0, 0.1) is 11.8 Å². The van der Waals surface area contributed by atoms with Crippen LogP contribution in [0.2, 0.25) is 0 Å². The molecule has 0 aromatic heterocycles. The summed E-state index contributed by atoms with van der Waals surface area (Å²) in [6.45, 7) is 2.22. The lowest BCUT2D eigenvalue weighted by Gasteiger charge is -2.53. The number of methoxy groups -OCH3 is 1. The number of benzene rings is 1. The van der Waals surface area contributed by atoms with E-state index in [-0.39, 0.29) is 35.7 Å². The minimum Gasteiger partial charge on any atom is -0.495 e. The molecule has 1 aliphatic carbocycles. The largest absolute Gasteiger partial charge is 0.495 e. The highest BCUT2D eigenvalue weighted by atomic mass is 16.5. The molecule has 1 amide bonds. The first-order valence-electron chi connectivity index (χ1n) is 10.6. The van der Waals surface area contributed by atoms with Gasteiger partial charge in [-0.05, 0) is 37.6 Å². The normalized spacial score (nSPS) is 38.0. The summed E-state index contributed by atoms with van der Waals surface area (Å²) in [4.78, 5) is 31.6. The molecule has 29 heavy (non-hydrogen) atoms. The van der Waals surface area contributed by atoms with Crippen molar-refractivity contribution in [2.45, 2.75) is 36.8 Å². The molecule has 3 saturated heterocycles. The van der Waals surface area contributed by atoms with Crippen molar-refractivity contribution in [1.82, 2.24) is 4.90 Å². The maximum absolute atomic E-state index is 13.9. The molecule has 152 valence electrons. The van der Waals surface area contributed by atoms with Gasteiger partial charge in [-0.2, -0.15) is 0 Å². The van der Waals surface area contributed by atoms with Crippen LogP contribution in [0.4, 0.5) is 5.69 Å². The SMILES string of the molecule is COc1cccc2c1N1C(=O)CC3OCC=C4CN(C)CCC25C(=O)CC4C3C15. The summed E-state index contributed by atoms with van der Waals surface area (Å²) < 4.78 is 11.9. The van der Waals surface area contributed by atoms with Crippen LogP contribution in [0.15, 0.2) is 29.8 Å². The molecular formula is C23H26N2O4. The van der Waals surface area contributed by atoms with E-state index in [1.165, 1.54) is 5.57 Å². The quantitative estimate of drug-likeness (QED) is 0.681. The van der Waals surface area contributed by atoms with Crippen molar-refractivity contribution in [3.63, 3.8) is 0 Å². The highest BCUT2D eigenvalue weighted by Gasteiger charge is 2.68. The molecular weight excluding hydrogens is 368 g/mol. The fourth-order valence-corrected chi connectivity index (χ4v) is 6.86. The molecule has 1 aromatic rings. The second-order valence-electron chi connectivity index (χ2n) is 9.19. The van der Waals surface area contributed by atoms with E-state index >= 15 is 0 Å². The number of hydrogen-bond acceptors (Lipinski definition) is 5. The Kier molecular flexibility index (Phi) is 3.61. The van der Waals surface area contributed by atoms with Crippen LogP contribution in [0.3, 0.4) is 0 Å². The molecule has 6 heteroatoms. The van der Waals surface area contributed by atoms with Gasteiger partial charge in [0.1, 0.15) is 11.5 Å². The predicted molar refractivity (Wildman–Crippen MR) is 107 cm³/mol. The van der Waals surface area contributed by atoms with E-state index in [1.54, 1.807) is 7.11 Å². The second-order valence-corrected chi connectivity index (χ2v) is 9.19. The van der Waals surface area contributed by atoms with Crippen LogP contribution in [-0.4, -0.2) is 62.6 Å². The van der Waals surface area contributed by atoms with E-state index in [1.807, 2.05) is 23.1 Å². The molecule has 0 N–H and O–H groups in total. The van der Waals surface area contributed by atoms with Crippen molar-refractivity contribution in [1.29, 1.82) is 0 Å². The van der Waals surface area contributed by atoms with E-state index in [0.717, 1.165) is 30.8 Å². The average molecular weight is 394 g/mol. The number of para-hydroxylation sites is 1. The third-order valence-corrected chi connectivity index (χ3v) is 8.00. The van der Waals surface area contributed by atoms with E-state index in [0.29, 0.717) is 25.2 Å². The monoisotopic (exact) mass is 394 g/mol. The van der Waals surface area contributed by atoms with Crippen LogP contribution >= 0.6 is 0 Å². The van der Waals surface area contributed by atoms with Gasteiger partial charge in [-0.1, -0.05) is 23.8 Å². The third kappa shape index (κ3) is 2.09. The predicted octanol–water partition coefficient (Wildman–Crippen LogP) is 1.92. The Balaban J connectivity index is 1.67. The molecule has 5 aliphatic heterocycles. The van der Waals surface area contributed by atoms with Crippen molar-refractivity contribution >= 4 is 17.4 Å². The molecule has 1 saturated carbocycles. The van der Waals surface area contributed by atoms with Crippen molar-refractivity contribution in [3.05, 3.63) is 35.4 Å². The van der Waals surface area contributed by atoms with Gasteiger partial charge in [0.05, 0.1) is 43.4 Å². The van der Waals surface area contributed by atoms with Crippen molar-refractivity contribution in [3.8, 4) is 5.75 Å². The highest BCUT2D eigenvalue weighted by molar-refractivity contribution is 6.07. The molecule has 7 rings (SSSR count). The minimum absolute atomic E-state index is 0.0494. The van der Waals surface area contributed by atoms with Crippen LogP contribution in [0.1, 0.15) is 24.8 Å². The second kappa shape index (κ2) is 5.92. The first-order valence-corrected chi connectivity index (χ1v) is 10.6. The van der Waals surface area contributed by atoms with Gasteiger partial charge in [0.25, 0.3) is 0 Å². The van der Waals surface area contributed by atoms with Crippen molar-refractivity contribution < 1.29 is 19.1 Å². The number of rotatable bonds is 1. The summed E-state index contributed by atoms with van der Waals surface area (Å²) in [5.74, 6) is 1.29. The molecule has 4 bridgehead atoms. The molecule has 5 atom stereocenters. The number of likely N-dealkylation sites (N-methyl/N-ethyl adjacent to an activating group) is 1. The molecule has 5 heterocycles. The van der Waals surface area contributed by atoms with Crippen LogP contribution in [0.25, 0.3) is 0 Å². The fourth-order valence-electron chi connectivity index (χ4n) is 6.86. The summed E-state index contributed by atoms with van der Waals surface area (Å²) >= 11 is 0. The summed E-state index contributed by atoms with van der Waals surface area (Å²) in [5.41, 5.74) is 2.43. The number of hydrogen-bond donors (Lipinski definition) is 0. The fraction of sp³-hybridized carbons (Fsp3) is 0.565. The topological polar surface area (TPSA) is 59.1 Å². The first-order chi connectivity index (χ1) is 14.1. The molecule has 6 nitrogen and oxygen atoms in total. The Morgan fingerprint density at radius 1 is 1.24 bits per heavy atom. The number of carbonyl (C=O) groups is 2. The Bertz CT molecular complexity index is 956. The maximum atomic E-state index is 13.9. The smallest absolute Gasteiger partial charge is 0.230 e. The van der Waals surface area contributed by atoms with Crippen molar-refractivity contribution in [2.24, 2.45) is 11.8 Å². The summed E-state index contributed by atoms with van der Waals surface area (Å²) in [5, 5.41) is 0. The van der Waals surface area contributed by atoms with Crippen LogP contribution in [0.5, 0.6) is 5.75 Å². The van der Waals surface area contributed by atoms with Gasteiger partial charge in [0.2, 0.25) is 5.91 Å². The van der Waals surface area contributed by atoms with Gasteiger partial charge in [-0.15, -0.1) is 0 Å². The van der Waals surface area contributed by atoms with E-state index in [2.05, 4.69) is 18.0 Å². The third-order valence-electron chi connectivity index (χ3n) is 8.00. The zero-order valence-electron chi connectivity index (χ0n) is 16.9. The van der Waals surface area contributed by atoms with Gasteiger partial charge < -0.3 is 19.3 Å². The number of nitrogens with zero attached hydrogens (tertiary/aromatic N) is 2. The summed E-state index contributed by atoms with van der Waals surface area (Å²) in [6.07, 6.45) is 3.68. The molecule has 4 fully saturated rings. The number of piperidine rings is 1. The maximum Gasteiger partial charge on any atom is 0.230 e. The van der Waals surface area contributed by atoms with E-state index in [9.17, 15) is 9.59 Å². The van der Waals surface area contributed by atoms with E-state index < -0.39 is 5.41 Å². The Morgan fingerprint density at radius 2 is 2.10 bits per heavy atom. The number of ketones is 1. The van der Waals surface area contributed by atoms with Gasteiger partial charge in [-0.25, -0.2) is 0 Å². The summed E-state index contributed by atoms with van der Waals surface area (Å²) in [7, 11) is 3.77. The number of anilines is 1. The molecule has 1 aromatic carbocycles. The zero-order chi connectivity index (χ0) is 19.9. The van der Waals surface area contributed by atoms with Gasteiger partial charge in [-0.3, -0.25) is 9.59 Å². The Hall–Kier alpha value is -2.18. The van der Waals surface area contributed by atoms with Crippen LogP contribution in [-0.2, 0) is 19.7 Å². The molecule has 5 unspecified atom stereocenters. The lowest BCUT2D eigenvalue weighted by atomic mass is 9.55. The Morgan fingerprint density at radius 3 is 2.93 bits per heavy atom. The number of ether oxygens (including phenoxy) is 2. The summed E-state index contributed by atoms with van der Waals surface area (Å²) in [6, 6.07) is 5.72. The van der Waals surface area contributed by atoms with Gasteiger partial charge in [0.15, 0.2) is 0 Å². The lowest BCUT2D eigenvalue weighted by Crippen LogP contribution is -2.66. The van der Waals surface area contributed by atoms with Crippen molar-refractivity contribution in [2.75, 3.05) is 38.8 Å². The zero-order valence-corrected chi connectivity index (χ0v) is 16.9. The van der Waals surface area contributed by atoms with Gasteiger partial charge >= 0.3 is 0 Å². The number of carbonyl (C=O) groups excluding carboxylic acids is 2. The molecule has 6 aliphatic rings. The minimum atomic E-state index is -0.670. The number of fused-ring (bicyclic) bond motifs is 6. The molecule has 0 radical (unpaired) electrons. The Labute approximate surface area is 170 Å². The number of amides is 1. The average Bonchev–Trinajstić information content (AvgIpc) is 2.96. The first kappa shape index (κ1) is 17.7. The standard InChI is InChI=1S/C23H26N2O4/c1-24-8-7-23-15-4-3-5-16(28-2)21(15)25-19(27)11-17-20(22(23)25)14(10-18(23)26)13(12-24)6-9-29-17/h3-6,14,17,20,22H,7-12H2,1-2H3.